The van der Waals surface area contributed by atoms with Crippen LogP contribution in [-0.2, 0) is 4.79 Å². The molecule has 98 valence electrons. The van der Waals surface area contributed by atoms with Crippen molar-refractivity contribution in [2.45, 2.75) is 13.8 Å². The van der Waals surface area contributed by atoms with E-state index in [-0.39, 0.29) is 5.91 Å². The van der Waals surface area contributed by atoms with Crippen molar-refractivity contribution in [3.63, 3.8) is 0 Å². The highest BCUT2D eigenvalue weighted by atomic mass is 35.5. The van der Waals surface area contributed by atoms with E-state index < -0.39 is 0 Å². The quantitative estimate of drug-likeness (QED) is 0.896. The Hall–Kier alpha value is -1.58. The van der Waals surface area contributed by atoms with E-state index in [0.29, 0.717) is 21.4 Å². The van der Waals surface area contributed by atoms with Gasteiger partial charge in [0.05, 0.1) is 16.4 Å². The smallest absolute Gasteiger partial charge is 0.221 e. The molecule has 0 aliphatic rings. The number of anilines is 1. The fourth-order valence-corrected chi connectivity index (χ4v) is 2.28. The summed E-state index contributed by atoms with van der Waals surface area (Å²) >= 11 is 12.1. The number of aromatic nitrogens is 1. The monoisotopic (exact) mass is 294 g/mol. The SMILES string of the molecule is CC(=O)Nc1c(C)ccnc1-c1ccc(Cl)cc1Cl. The summed E-state index contributed by atoms with van der Waals surface area (Å²) in [4.78, 5) is 15.6. The van der Waals surface area contributed by atoms with Crippen molar-refractivity contribution in [3.05, 3.63) is 46.1 Å². The molecule has 0 saturated heterocycles. The molecule has 0 aliphatic carbocycles. The molecule has 1 heterocycles. The second kappa shape index (κ2) is 5.59. The number of rotatable bonds is 2. The van der Waals surface area contributed by atoms with Gasteiger partial charge in [-0.25, -0.2) is 0 Å². The molecule has 1 N–H and O–H groups in total. The zero-order valence-corrected chi connectivity index (χ0v) is 12.0. The third kappa shape index (κ3) is 3.06. The zero-order valence-electron chi connectivity index (χ0n) is 10.5. The van der Waals surface area contributed by atoms with Crippen LogP contribution in [0.15, 0.2) is 30.5 Å². The molecule has 0 saturated carbocycles. The molecule has 19 heavy (non-hydrogen) atoms. The van der Waals surface area contributed by atoms with E-state index >= 15 is 0 Å². The standard InChI is InChI=1S/C14H12Cl2N2O/c1-8-5-6-17-14(13(8)18-9(2)19)11-4-3-10(15)7-12(11)16/h3-7H,1-2H3,(H,18,19). The molecule has 0 spiro atoms. The van der Waals surface area contributed by atoms with E-state index in [1.165, 1.54) is 6.92 Å². The van der Waals surface area contributed by atoms with Crippen molar-refractivity contribution in [3.8, 4) is 11.3 Å². The van der Waals surface area contributed by atoms with E-state index in [4.69, 9.17) is 23.2 Å². The molecule has 0 fully saturated rings. The summed E-state index contributed by atoms with van der Waals surface area (Å²) in [6.07, 6.45) is 1.68. The van der Waals surface area contributed by atoms with Crippen molar-refractivity contribution in [2.75, 3.05) is 5.32 Å². The average molecular weight is 295 g/mol. The minimum absolute atomic E-state index is 0.151. The van der Waals surface area contributed by atoms with Gasteiger partial charge in [0.15, 0.2) is 0 Å². The topological polar surface area (TPSA) is 42.0 Å². The number of halogens is 2. The predicted octanol–water partition coefficient (Wildman–Crippen LogP) is 4.32. The van der Waals surface area contributed by atoms with Gasteiger partial charge in [-0.15, -0.1) is 0 Å². The lowest BCUT2D eigenvalue weighted by Crippen LogP contribution is -2.09. The Balaban J connectivity index is 2.61. The molecule has 0 aliphatic heterocycles. The van der Waals surface area contributed by atoms with Crippen molar-refractivity contribution >= 4 is 34.8 Å². The Labute approximate surface area is 121 Å². The van der Waals surface area contributed by atoms with Crippen molar-refractivity contribution in [1.82, 2.24) is 4.98 Å². The summed E-state index contributed by atoms with van der Waals surface area (Å²) in [5.74, 6) is -0.151. The summed E-state index contributed by atoms with van der Waals surface area (Å²) in [5.41, 5.74) is 2.96. The summed E-state index contributed by atoms with van der Waals surface area (Å²) in [7, 11) is 0. The van der Waals surface area contributed by atoms with Gasteiger partial charge in [-0.1, -0.05) is 23.2 Å². The third-order valence-electron chi connectivity index (χ3n) is 2.65. The van der Waals surface area contributed by atoms with E-state index in [1.807, 2.05) is 13.0 Å². The van der Waals surface area contributed by atoms with Gasteiger partial charge in [0.1, 0.15) is 0 Å². The van der Waals surface area contributed by atoms with Gasteiger partial charge in [0.2, 0.25) is 5.91 Å². The van der Waals surface area contributed by atoms with Crippen LogP contribution in [0.4, 0.5) is 5.69 Å². The first-order valence-corrected chi connectivity index (χ1v) is 6.43. The number of aryl methyl sites for hydroxylation is 1. The van der Waals surface area contributed by atoms with E-state index in [1.54, 1.807) is 24.4 Å². The maximum Gasteiger partial charge on any atom is 0.221 e. The fourth-order valence-electron chi connectivity index (χ4n) is 1.78. The van der Waals surface area contributed by atoms with Crippen molar-refractivity contribution in [1.29, 1.82) is 0 Å². The van der Waals surface area contributed by atoms with Crippen LogP contribution in [0.5, 0.6) is 0 Å². The van der Waals surface area contributed by atoms with Gasteiger partial charge >= 0.3 is 0 Å². The van der Waals surface area contributed by atoms with Crippen LogP contribution in [0.1, 0.15) is 12.5 Å². The van der Waals surface area contributed by atoms with Crippen molar-refractivity contribution < 1.29 is 4.79 Å². The molecule has 2 aromatic rings. The molecular formula is C14H12Cl2N2O. The lowest BCUT2D eigenvalue weighted by Gasteiger charge is -2.13. The maximum absolute atomic E-state index is 11.3. The lowest BCUT2D eigenvalue weighted by atomic mass is 10.1. The number of hydrogen-bond acceptors (Lipinski definition) is 2. The molecule has 0 bridgehead atoms. The van der Waals surface area contributed by atoms with Gasteiger partial charge in [-0.2, -0.15) is 0 Å². The van der Waals surface area contributed by atoms with Crippen LogP contribution >= 0.6 is 23.2 Å². The second-order valence-electron chi connectivity index (χ2n) is 4.16. The molecule has 1 amide bonds. The van der Waals surface area contributed by atoms with Crippen LogP contribution in [0.25, 0.3) is 11.3 Å². The van der Waals surface area contributed by atoms with E-state index in [0.717, 1.165) is 11.1 Å². The number of amides is 1. The Morgan fingerprint density at radius 3 is 2.63 bits per heavy atom. The average Bonchev–Trinajstić information content (AvgIpc) is 2.32. The Morgan fingerprint density at radius 2 is 2.00 bits per heavy atom. The molecule has 3 nitrogen and oxygen atoms in total. The number of hydrogen-bond donors (Lipinski definition) is 1. The Morgan fingerprint density at radius 1 is 1.26 bits per heavy atom. The highest BCUT2D eigenvalue weighted by Crippen LogP contribution is 2.34. The predicted molar refractivity (Wildman–Crippen MR) is 78.7 cm³/mol. The summed E-state index contributed by atoms with van der Waals surface area (Å²) in [6, 6.07) is 7.01. The molecule has 1 aromatic heterocycles. The zero-order chi connectivity index (χ0) is 14.0. The number of nitrogens with zero attached hydrogens (tertiary/aromatic N) is 1. The maximum atomic E-state index is 11.3. The number of carbonyl (C=O) groups is 1. The van der Waals surface area contributed by atoms with E-state index in [2.05, 4.69) is 10.3 Å². The highest BCUT2D eigenvalue weighted by molar-refractivity contribution is 6.36. The first-order chi connectivity index (χ1) is 8.99. The summed E-state index contributed by atoms with van der Waals surface area (Å²) in [6.45, 7) is 3.36. The number of benzene rings is 1. The Kier molecular flexibility index (Phi) is 4.08. The van der Waals surface area contributed by atoms with E-state index in [9.17, 15) is 4.79 Å². The van der Waals surface area contributed by atoms with Crippen molar-refractivity contribution in [2.24, 2.45) is 0 Å². The molecule has 0 radical (unpaired) electrons. The van der Waals surface area contributed by atoms with Crippen LogP contribution in [0.3, 0.4) is 0 Å². The first kappa shape index (κ1) is 13.8. The summed E-state index contributed by atoms with van der Waals surface area (Å²) < 4.78 is 0. The van der Waals surface area contributed by atoms with Crippen LogP contribution in [0, 0.1) is 6.92 Å². The number of carbonyl (C=O) groups excluding carboxylic acids is 1. The van der Waals surface area contributed by atoms with Gasteiger partial charge in [0, 0.05) is 23.7 Å². The molecular weight excluding hydrogens is 283 g/mol. The van der Waals surface area contributed by atoms with Crippen LogP contribution in [0.2, 0.25) is 10.0 Å². The fraction of sp³-hybridized carbons (Fsp3) is 0.143. The normalized spacial score (nSPS) is 10.3. The second-order valence-corrected chi connectivity index (χ2v) is 5.00. The summed E-state index contributed by atoms with van der Waals surface area (Å²) in [5, 5.41) is 3.84. The van der Waals surface area contributed by atoms with Crippen LogP contribution in [-0.4, -0.2) is 10.9 Å². The van der Waals surface area contributed by atoms with Gasteiger partial charge in [-0.3, -0.25) is 9.78 Å². The highest BCUT2D eigenvalue weighted by Gasteiger charge is 2.13. The minimum Gasteiger partial charge on any atom is -0.324 e. The van der Waals surface area contributed by atoms with Gasteiger partial charge in [0.25, 0.3) is 0 Å². The number of nitrogens with one attached hydrogen (secondary N) is 1. The molecule has 5 heteroatoms. The lowest BCUT2D eigenvalue weighted by molar-refractivity contribution is -0.114. The largest absolute Gasteiger partial charge is 0.324 e. The number of pyridine rings is 1. The molecule has 0 atom stereocenters. The Bertz CT molecular complexity index is 641. The van der Waals surface area contributed by atoms with Gasteiger partial charge < -0.3 is 5.32 Å². The van der Waals surface area contributed by atoms with Gasteiger partial charge in [-0.05, 0) is 36.8 Å². The molecule has 1 aromatic carbocycles. The first-order valence-electron chi connectivity index (χ1n) is 5.67. The van der Waals surface area contributed by atoms with Crippen LogP contribution < -0.4 is 5.32 Å². The molecule has 2 rings (SSSR count). The molecule has 0 unspecified atom stereocenters. The minimum atomic E-state index is -0.151. The third-order valence-corrected chi connectivity index (χ3v) is 3.19.